The number of rotatable bonds is 7. The van der Waals surface area contributed by atoms with Crippen molar-refractivity contribution in [2.45, 2.75) is 12.5 Å². The number of ether oxygens (including phenoxy) is 3. The Bertz CT molecular complexity index is 1600. The third kappa shape index (κ3) is 4.96. The van der Waals surface area contributed by atoms with Crippen molar-refractivity contribution in [1.82, 2.24) is 30.5 Å². The molecule has 2 atom stereocenters. The van der Waals surface area contributed by atoms with E-state index in [0.29, 0.717) is 39.9 Å². The molecule has 0 saturated carbocycles. The van der Waals surface area contributed by atoms with Crippen molar-refractivity contribution in [1.29, 1.82) is 0 Å². The second-order valence-electron chi connectivity index (χ2n) is 9.47. The molecule has 0 saturated heterocycles. The number of carbonyl (C=O) groups is 1. The summed E-state index contributed by atoms with van der Waals surface area (Å²) in [4.78, 5) is 14.8. The number of aromatic nitrogens is 4. The molecule has 0 bridgehead atoms. The van der Waals surface area contributed by atoms with Crippen LogP contribution in [0.5, 0.6) is 17.2 Å². The van der Waals surface area contributed by atoms with Crippen LogP contribution in [0.25, 0.3) is 5.69 Å². The molecule has 3 aromatic carbocycles. The van der Waals surface area contributed by atoms with Gasteiger partial charge in [-0.1, -0.05) is 0 Å². The molecule has 0 radical (unpaired) electrons. The molecule has 1 amide bonds. The Morgan fingerprint density at radius 3 is 2.73 bits per heavy atom. The zero-order chi connectivity index (χ0) is 28.5. The number of benzene rings is 3. The van der Waals surface area contributed by atoms with E-state index in [1.807, 2.05) is 13.1 Å². The first-order valence-corrected chi connectivity index (χ1v) is 12.7. The molecule has 0 spiro atoms. The van der Waals surface area contributed by atoms with Crippen LogP contribution >= 0.6 is 0 Å². The minimum atomic E-state index is -1.01. The van der Waals surface area contributed by atoms with Gasteiger partial charge >= 0.3 is 0 Å². The lowest BCUT2D eigenvalue weighted by atomic mass is 9.90. The van der Waals surface area contributed by atoms with Gasteiger partial charge in [0.15, 0.2) is 23.0 Å². The number of nitrogens with zero attached hydrogens (tertiary/aromatic N) is 6. The van der Waals surface area contributed by atoms with Gasteiger partial charge in [0.1, 0.15) is 6.04 Å². The van der Waals surface area contributed by atoms with Gasteiger partial charge in [0.25, 0.3) is 5.91 Å². The number of carbonyl (C=O) groups excluding carboxylic acids is 1. The van der Waals surface area contributed by atoms with Crippen LogP contribution in [0.1, 0.15) is 38.9 Å². The van der Waals surface area contributed by atoms with Gasteiger partial charge in [0.2, 0.25) is 12.5 Å². The van der Waals surface area contributed by atoms with Crippen molar-refractivity contribution >= 4 is 17.8 Å². The maximum absolute atomic E-state index is 12.6. The Hall–Kier alpha value is -4.89. The monoisotopic (exact) mass is 558 g/mol. The number of methoxy groups -OCH3 is 1. The van der Waals surface area contributed by atoms with Gasteiger partial charge in [-0.15, -0.1) is 5.10 Å². The van der Waals surface area contributed by atoms with Gasteiger partial charge < -0.3 is 19.4 Å². The number of tetrazole rings is 1. The van der Waals surface area contributed by atoms with E-state index in [2.05, 4.69) is 31.0 Å². The van der Waals surface area contributed by atoms with Crippen molar-refractivity contribution in [2.75, 3.05) is 27.5 Å². The average molecular weight is 559 g/mol. The van der Waals surface area contributed by atoms with Crippen LogP contribution in [0.15, 0.2) is 59.7 Å². The maximum atomic E-state index is 12.6. The Balaban J connectivity index is 1.23. The standard InChI is InChI=1S/C27H26N8O6/c1-33-12-11-18-13-21-24(41-15-40-21)25(39-2)22(18)23(33)26-29-31-32-34(26)19-9-5-17(6-10-19)27(36)30-28-14-16-3-7-20(8-4-16)35(37)38/h3-10,13-14,23,35,37H,11-12,15H2,1-2H3,(H,30,36). The van der Waals surface area contributed by atoms with Crippen molar-refractivity contribution in [2.24, 2.45) is 5.10 Å². The van der Waals surface area contributed by atoms with Crippen molar-refractivity contribution in [3.8, 4) is 22.9 Å². The number of hydrogen-bond acceptors (Lipinski definition) is 11. The summed E-state index contributed by atoms with van der Waals surface area (Å²) in [6.45, 7) is 0.911. The van der Waals surface area contributed by atoms with E-state index < -0.39 is 11.1 Å². The van der Waals surface area contributed by atoms with E-state index in [9.17, 15) is 10.0 Å². The number of quaternary nitrogens is 1. The smallest absolute Gasteiger partial charge is 0.271 e. The van der Waals surface area contributed by atoms with Crippen LogP contribution < -0.4 is 24.9 Å². The molecule has 0 fully saturated rings. The zero-order valence-electron chi connectivity index (χ0n) is 22.1. The van der Waals surface area contributed by atoms with E-state index >= 15 is 0 Å². The normalized spacial score (nSPS) is 16.9. The molecular formula is C27H26N8O6. The van der Waals surface area contributed by atoms with Crippen molar-refractivity contribution in [3.05, 3.63) is 87.9 Å². The molecule has 2 aliphatic heterocycles. The molecule has 0 aliphatic carbocycles. The van der Waals surface area contributed by atoms with Gasteiger partial charge in [-0.25, -0.2) is 10.6 Å². The van der Waals surface area contributed by atoms with Crippen LogP contribution in [0.4, 0.5) is 5.69 Å². The number of fused-ring (bicyclic) bond motifs is 2. The first-order valence-electron chi connectivity index (χ1n) is 12.7. The summed E-state index contributed by atoms with van der Waals surface area (Å²) in [6, 6.07) is 14.6. The molecule has 2 unspecified atom stereocenters. The number of hydrazone groups is 1. The average Bonchev–Trinajstić information content (AvgIpc) is 3.66. The molecule has 14 nitrogen and oxygen atoms in total. The Morgan fingerprint density at radius 1 is 1.22 bits per heavy atom. The summed E-state index contributed by atoms with van der Waals surface area (Å²) in [5, 5.41) is 35.5. The fraction of sp³-hybridized carbons (Fsp3) is 0.222. The number of likely N-dealkylation sites (N-methyl/N-ethyl adjacent to an activating group) is 1. The van der Waals surface area contributed by atoms with E-state index in [1.165, 1.54) is 18.3 Å². The maximum Gasteiger partial charge on any atom is 0.271 e. The topological polar surface area (TPSA) is 164 Å². The summed E-state index contributed by atoms with van der Waals surface area (Å²) < 4.78 is 18.8. The molecule has 3 N–H and O–H groups in total. The van der Waals surface area contributed by atoms with Gasteiger partial charge in [-0.2, -0.15) is 15.0 Å². The third-order valence-electron chi connectivity index (χ3n) is 7.05. The lowest BCUT2D eigenvalue weighted by molar-refractivity contribution is -0.991. The van der Waals surface area contributed by atoms with E-state index in [1.54, 1.807) is 48.2 Å². The fourth-order valence-corrected chi connectivity index (χ4v) is 5.00. The predicted octanol–water partition coefficient (Wildman–Crippen LogP) is 1.14. The van der Waals surface area contributed by atoms with Crippen LogP contribution in [-0.4, -0.2) is 69.9 Å². The molecule has 14 heteroatoms. The number of amides is 1. The molecular weight excluding hydrogens is 532 g/mol. The first-order chi connectivity index (χ1) is 19.9. The Labute approximate surface area is 233 Å². The summed E-state index contributed by atoms with van der Waals surface area (Å²) >= 11 is 0. The molecule has 4 aromatic rings. The molecule has 210 valence electrons. The third-order valence-corrected chi connectivity index (χ3v) is 7.05. The van der Waals surface area contributed by atoms with Crippen LogP contribution in [0.3, 0.4) is 0 Å². The lowest BCUT2D eigenvalue weighted by Crippen LogP contribution is -2.99. The number of nitrogens with one attached hydrogen (secondary N) is 2. The molecule has 2 aliphatic rings. The zero-order valence-corrected chi connectivity index (χ0v) is 22.1. The van der Waals surface area contributed by atoms with Crippen molar-refractivity contribution in [3.63, 3.8) is 0 Å². The molecule has 1 aromatic heterocycles. The van der Waals surface area contributed by atoms with Crippen LogP contribution in [0.2, 0.25) is 0 Å². The van der Waals surface area contributed by atoms with Gasteiger partial charge in [-0.05, 0) is 77.5 Å². The lowest BCUT2D eigenvalue weighted by Gasteiger charge is -2.34. The SMILES string of the molecule is COc1c2c(cc3c1C(c1nnnn1-c1ccc(C(=O)NN=Cc4ccc([NH+]([O-])O)cc4)cc1)N(C)CC3)OCO2. The summed E-state index contributed by atoms with van der Waals surface area (Å²) in [6.07, 6.45) is 2.24. The van der Waals surface area contributed by atoms with Gasteiger partial charge in [0, 0.05) is 29.8 Å². The first kappa shape index (κ1) is 26.3. The second kappa shape index (κ2) is 10.9. The second-order valence-corrected chi connectivity index (χ2v) is 9.47. The Kier molecular flexibility index (Phi) is 7.03. The predicted molar refractivity (Wildman–Crippen MR) is 144 cm³/mol. The quantitative estimate of drug-likeness (QED) is 0.221. The van der Waals surface area contributed by atoms with E-state index in [-0.39, 0.29) is 18.5 Å². The minimum absolute atomic E-state index is 0.137. The Morgan fingerprint density at radius 2 is 2.00 bits per heavy atom. The van der Waals surface area contributed by atoms with Gasteiger partial charge in [0.05, 0.1) is 19.0 Å². The molecule has 6 rings (SSSR count). The largest absolute Gasteiger partial charge is 0.595 e. The highest BCUT2D eigenvalue weighted by molar-refractivity contribution is 5.95. The van der Waals surface area contributed by atoms with Crippen LogP contribution in [-0.2, 0) is 6.42 Å². The number of hydrogen-bond donors (Lipinski definition) is 3. The van der Waals surface area contributed by atoms with E-state index in [4.69, 9.17) is 19.4 Å². The highest BCUT2D eigenvalue weighted by Gasteiger charge is 2.37. The van der Waals surface area contributed by atoms with E-state index in [0.717, 1.165) is 24.1 Å². The molecule has 3 heterocycles. The fourth-order valence-electron chi connectivity index (χ4n) is 5.00. The van der Waals surface area contributed by atoms with Gasteiger partial charge in [-0.3, -0.25) is 9.69 Å². The summed E-state index contributed by atoms with van der Waals surface area (Å²) in [5.74, 6) is 2.01. The minimum Gasteiger partial charge on any atom is -0.595 e. The summed E-state index contributed by atoms with van der Waals surface area (Å²) in [7, 11) is 3.61. The van der Waals surface area contributed by atoms with Crippen molar-refractivity contribution < 1.29 is 29.4 Å². The molecule has 41 heavy (non-hydrogen) atoms. The highest BCUT2D eigenvalue weighted by atomic mass is 16.8. The van der Waals surface area contributed by atoms with Crippen LogP contribution in [0, 0.1) is 5.21 Å². The summed E-state index contributed by atoms with van der Waals surface area (Å²) in [5.41, 5.74) is 6.35. The highest BCUT2D eigenvalue weighted by Crippen LogP contribution is 2.50.